The lowest BCUT2D eigenvalue weighted by molar-refractivity contribution is -0.113. The Bertz CT molecular complexity index is 1370. The molecule has 0 radical (unpaired) electrons. The summed E-state index contributed by atoms with van der Waals surface area (Å²) in [6, 6.07) is 14.3. The van der Waals surface area contributed by atoms with Gasteiger partial charge in [0.05, 0.1) is 17.9 Å². The van der Waals surface area contributed by atoms with E-state index in [0.29, 0.717) is 27.9 Å². The topological polar surface area (TPSA) is 139 Å². The number of amides is 2. The zero-order valence-corrected chi connectivity index (χ0v) is 21.0. The molecule has 0 saturated carbocycles. The van der Waals surface area contributed by atoms with E-state index in [1.54, 1.807) is 56.4 Å². The fourth-order valence-electron chi connectivity index (χ4n) is 3.20. The first-order chi connectivity index (χ1) is 17.5. The highest BCUT2D eigenvalue weighted by Crippen LogP contribution is 2.34. The average Bonchev–Trinajstić information content (AvgIpc) is 3.48. The minimum absolute atomic E-state index is 0.00898. The van der Waals surface area contributed by atoms with Crippen molar-refractivity contribution >= 4 is 51.6 Å². The third-order valence-corrected chi connectivity index (χ3v) is 6.86. The smallest absolute Gasteiger partial charge is 0.348 e. The van der Waals surface area contributed by atoms with Gasteiger partial charge < -0.3 is 15.4 Å². The Morgan fingerprint density at radius 1 is 1.08 bits per heavy atom. The molecule has 184 valence electrons. The number of aromatic nitrogens is 4. The molecule has 0 unspecified atom stereocenters. The van der Waals surface area contributed by atoms with Crippen LogP contribution in [0.4, 0.5) is 10.7 Å². The molecule has 1 aromatic carbocycles. The Hall–Kier alpha value is -4.03. The fourth-order valence-corrected chi connectivity index (χ4v) is 4.92. The van der Waals surface area contributed by atoms with Gasteiger partial charge in [-0.25, -0.2) is 4.79 Å². The van der Waals surface area contributed by atoms with Gasteiger partial charge in [0.25, 0.3) is 5.91 Å². The lowest BCUT2D eigenvalue weighted by atomic mass is 10.1. The van der Waals surface area contributed by atoms with Crippen molar-refractivity contribution in [2.24, 2.45) is 0 Å². The van der Waals surface area contributed by atoms with E-state index in [4.69, 9.17) is 4.74 Å². The molecule has 0 atom stereocenters. The molecule has 0 bridgehead atoms. The maximum absolute atomic E-state index is 13.1. The monoisotopic (exact) mass is 522 g/mol. The maximum Gasteiger partial charge on any atom is 0.348 e. The molecular weight excluding hydrogens is 500 g/mol. The Labute approximate surface area is 214 Å². The van der Waals surface area contributed by atoms with E-state index in [-0.39, 0.29) is 33.7 Å². The van der Waals surface area contributed by atoms with E-state index >= 15 is 0 Å². The predicted octanol–water partition coefficient (Wildman–Crippen LogP) is 4.40. The fraction of sp³-hybridized carbons (Fsp3) is 0.167. The highest BCUT2D eigenvalue weighted by atomic mass is 32.2. The highest BCUT2D eigenvalue weighted by molar-refractivity contribution is 7.99. The number of carbonyl (C=O) groups is 3. The van der Waals surface area contributed by atoms with Crippen LogP contribution in [0.2, 0.25) is 0 Å². The van der Waals surface area contributed by atoms with Crippen molar-refractivity contribution in [2.45, 2.75) is 19.0 Å². The number of para-hydroxylation sites is 1. The zero-order valence-electron chi connectivity index (χ0n) is 19.4. The molecule has 0 fully saturated rings. The van der Waals surface area contributed by atoms with Crippen molar-refractivity contribution in [3.63, 3.8) is 0 Å². The van der Waals surface area contributed by atoms with Crippen molar-refractivity contribution < 1.29 is 19.1 Å². The first-order valence-electron chi connectivity index (χ1n) is 10.9. The number of aromatic amines is 1. The van der Waals surface area contributed by atoms with Crippen LogP contribution >= 0.6 is 23.1 Å². The second-order valence-corrected chi connectivity index (χ2v) is 9.28. The zero-order chi connectivity index (χ0) is 25.5. The van der Waals surface area contributed by atoms with Crippen LogP contribution in [-0.2, 0) is 9.53 Å². The number of anilines is 2. The largest absolute Gasteiger partial charge is 0.462 e. The molecule has 0 aliphatic rings. The average molecular weight is 523 g/mol. The van der Waals surface area contributed by atoms with Gasteiger partial charge in [-0.05, 0) is 43.7 Å². The Morgan fingerprint density at radius 3 is 2.58 bits per heavy atom. The Morgan fingerprint density at radius 2 is 1.86 bits per heavy atom. The van der Waals surface area contributed by atoms with Crippen molar-refractivity contribution in [1.29, 1.82) is 0 Å². The number of ether oxygens (including phenoxy) is 1. The van der Waals surface area contributed by atoms with E-state index < -0.39 is 11.9 Å². The molecule has 3 N–H and O–H groups in total. The number of benzene rings is 1. The molecule has 0 aliphatic carbocycles. The lowest BCUT2D eigenvalue weighted by Crippen LogP contribution is -2.18. The van der Waals surface area contributed by atoms with Gasteiger partial charge in [-0.2, -0.15) is 4.98 Å². The van der Waals surface area contributed by atoms with Crippen LogP contribution in [0.5, 0.6) is 0 Å². The molecule has 0 spiro atoms. The van der Waals surface area contributed by atoms with Gasteiger partial charge >= 0.3 is 5.97 Å². The second kappa shape index (κ2) is 11.6. The summed E-state index contributed by atoms with van der Waals surface area (Å²) in [6.45, 7) is 3.54. The molecule has 36 heavy (non-hydrogen) atoms. The molecular formula is C24H22N6O4S2. The minimum atomic E-state index is -0.550. The van der Waals surface area contributed by atoms with E-state index in [0.717, 1.165) is 23.1 Å². The van der Waals surface area contributed by atoms with Crippen molar-refractivity contribution in [1.82, 2.24) is 20.2 Å². The SMILES string of the molecule is CCOC(=O)c1sc(NC(=O)CSc2n[nH]c(-c3ccccn3)n2)c(C(=O)Nc2ccccc2)c1C. The summed E-state index contributed by atoms with van der Waals surface area (Å²) in [5.41, 5.74) is 1.87. The molecule has 0 aliphatic heterocycles. The van der Waals surface area contributed by atoms with Crippen LogP contribution in [0.25, 0.3) is 11.5 Å². The number of rotatable bonds is 9. The Balaban J connectivity index is 1.49. The van der Waals surface area contributed by atoms with E-state index in [1.165, 1.54) is 0 Å². The number of H-pyrrole nitrogens is 1. The molecule has 3 aromatic heterocycles. The summed E-state index contributed by atoms with van der Waals surface area (Å²) < 4.78 is 5.12. The van der Waals surface area contributed by atoms with Gasteiger partial charge in [0, 0.05) is 11.9 Å². The quantitative estimate of drug-likeness (QED) is 0.217. The number of nitrogens with zero attached hydrogens (tertiary/aromatic N) is 3. The standard InChI is InChI=1S/C24H22N6O4S2/c1-3-34-23(33)19-14(2)18(21(32)26-15-9-5-4-6-10-15)22(36-19)27-17(31)13-35-24-28-20(29-30-24)16-11-7-8-12-25-16/h4-12H,3,13H2,1-2H3,(H,26,32)(H,27,31)(H,28,29,30). The molecule has 12 heteroatoms. The second-order valence-electron chi connectivity index (χ2n) is 7.32. The number of thiophene rings is 1. The van der Waals surface area contributed by atoms with Crippen molar-refractivity contribution in [3.8, 4) is 11.5 Å². The molecule has 4 rings (SSSR count). The number of esters is 1. The molecule has 0 saturated heterocycles. The summed E-state index contributed by atoms with van der Waals surface area (Å²) in [7, 11) is 0. The van der Waals surface area contributed by atoms with E-state index in [2.05, 4.69) is 30.8 Å². The first kappa shape index (κ1) is 25.1. The van der Waals surface area contributed by atoms with Gasteiger partial charge in [0.1, 0.15) is 15.6 Å². The molecule has 10 nitrogen and oxygen atoms in total. The summed E-state index contributed by atoms with van der Waals surface area (Å²) >= 11 is 2.13. The minimum Gasteiger partial charge on any atom is -0.462 e. The number of nitrogens with one attached hydrogen (secondary N) is 3. The number of hydrogen-bond acceptors (Lipinski definition) is 9. The third kappa shape index (κ3) is 5.96. The van der Waals surface area contributed by atoms with Crippen LogP contribution < -0.4 is 10.6 Å². The highest BCUT2D eigenvalue weighted by Gasteiger charge is 2.26. The number of carbonyl (C=O) groups excluding carboxylic acids is 3. The van der Waals surface area contributed by atoms with Crippen LogP contribution in [0.3, 0.4) is 0 Å². The molecule has 2 amide bonds. The summed E-state index contributed by atoms with van der Waals surface area (Å²) in [5, 5.41) is 13.1. The number of thioether (sulfide) groups is 1. The van der Waals surface area contributed by atoms with Crippen molar-refractivity contribution in [3.05, 3.63) is 70.7 Å². The van der Waals surface area contributed by atoms with E-state index in [1.807, 2.05) is 12.1 Å². The third-order valence-electron chi connectivity index (χ3n) is 4.82. The van der Waals surface area contributed by atoms with Gasteiger partial charge in [-0.1, -0.05) is 36.0 Å². The molecule has 4 aromatic rings. The maximum atomic E-state index is 13.1. The summed E-state index contributed by atoms with van der Waals surface area (Å²) in [4.78, 5) is 47.1. The normalized spacial score (nSPS) is 10.6. The number of pyridine rings is 1. The van der Waals surface area contributed by atoms with Gasteiger partial charge in [-0.15, -0.1) is 16.4 Å². The van der Waals surface area contributed by atoms with Crippen LogP contribution in [-0.4, -0.2) is 50.3 Å². The number of hydrogen-bond donors (Lipinski definition) is 3. The first-order valence-corrected chi connectivity index (χ1v) is 12.7. The van der Waals surface area contributed by atoms with E-state index in [9.17, 15) is 14.4 Å². The summed E-state index contributed by atoms with van der Waals surface area (Å²) in [6.07, 6.45) is 1.65. The van der Waals surface area contributed by atoms with Crippen LogP contribution in [0.15, 0.2) is 59.9 Å². The van der Waals surface area contributed by atoms with Crippen LogP contribution in [0.1, 0.15) is 32.5 Å². The van der Waals surface area contributed by atoms with Crippen LogP contribution in [0, 0.1) is 6.92 Å². The van der Waals surface area contributed by atoms with Crippen molar-refractivity contribution in [2.75, 3.05) is 23.0 Å². The van der Waals surface area contributed by atoms with Gasteiger partial charge in [0.2, 0.25) is 11.1 Å². The summed E-state index contributed by atoms with van der Waals surface area (Å²) in [5.74, 6) is -0.889. The lowest BCUT2D eigenvalue weighted by Gasteiger charge is -2.08. The molecule has 3 heterocycles. The predicted molar refractivity (Wildman–Crippen MR) is 138 cm³/mol. The van der Waals surface area contributed by atoms with Gasteiger partial charge in [0.15, 0.2) is 5.82 Å². The Kier molecular flexibility index (Phi) is 8.08. The van der Waals surface area contributed by atoms with Gasteiger partial charge in [-0.3, -0.25) is 19.7 Å².